The summed E-state index contributed by atoms with van der Waals surface area (Å²) in [6.07, 6.45) is 1.18. The molecule has 0 spiro atoms. The average molecular weight is 453 g/mol. The van der Waals surface area contributed by atoms with E-state index in [1.807, 2.05) is 49.4 Å². The zero-order valence-electron chi connectivity index (χ0n) is 16.7. The van der Waals surface area contributed by atoms with Gasteiger partial charge in [0, 0.05) is 40.2 Å². The van der Waals surface area contributed by atoms with Crippen molar-refractivity contribution in [1.82, 2.24) is 10.2 Å². The molecule has 0 aromatic heterocycles. The third-order valence-electron chi connectivity index (χ3n) is 4.36. The Balaban J connectivity index is 2.04. The van der Waals surface area contributed by atoms with Crippen LogP contribution < -0.4 is 5.32 Å². The molecule has 2 aromatic carbocycles. The van der Waals surface area contributed by atoms with Crippen LogP contribution in [0.2, 0.25) is 10.0 Å². The predicted molar refractivity (Wildman–Crippen MR) is 122 cm³/mol. The molecule has 7 heteroatoms. The molecule has 1 atom stereocenters. The van der Waals surface area contributed by atoms with Crippen molar-refractivity contribution in [2.24, 2.45) is 0 Å². The largest absolute Gasteiger partial charge is 0.354 e. The quantitative estimate of drug-likeness (QED) is 0.489. The Hall–Kier alpha value is -1.69. The minimum absolute atomic E-state index is 0.0643. The van der Waals surface area contributed by atoms with Crippen molar-refractivity contribution in [2.75, 3.05) is 12.3 Å². The number of carbonyl (C=O) groups excluding carboxylic acids is 2. The van der Waals surface area contributed by atoms with Gasteiger partial charge in [-0.2, -0.15) is 0 Å². The molecule has 0 heterocycles. The summed E-state index contributed by atoms with van der Waals surface area (Å²) >= 11 is 13.6. The summed E-state index contributed by atoms with van der Waals surface area (Å²) in [7, 11) is 0. The topological polar surface area (TPSA) is 49.4 Å². The van der Waals surface area contributed by atoms with E-state index in [0.29, 0.717) is 35.3 Å². The highest BCUT2D eigenvalue weighted by molar-refractivity contribution is 7.99. The molecule has 0 unspecified atom stereocenters. The van der Waals surface area contributed by atoms with Crippen molar-refractivity contribution < 1.29 is 9.59 Å². The number of hydrogen-bond donors (Lipinski definition) is 1. The Bertz CT molecular complexity index is 815. The summed E-state index contributed by atoms with van der Waals surface area (Å²) in [5.41, 5.74) is 0.895. The van der Waals surface area contributed by atoms with Crippen LogP contribution in [-0.2, 0) is 16.1 Å². The maximum absolute atomic E-state index is 13.0. The lowest BCUT2D eigenvalue weighted by Gasteiger charge is -2.29. The fourth-order valence-electron chi connectivity index (χ4n) is 2.74. The van der Waals surface area contributed by atoms with Gasteiger partial charge in [-0.15, -0.1) is 11.8 Å². The van der Waals surface area contributed by atoms with E-state index in [1.54, 1.807) is 29.7 Å². The molecule has 2 amide bonds. The number of carbonyl (C=O) groups is 2. The molecular weight excluding hydrogens is 427 g/mol. The van der Waals surface area contributed by atoms with Crippen molar-refractivity contribution in [2.45, 2.75) is 44.2 Å². The van der Waals surface area contributed by atoms with Crippen LogP contribution in [0.5, 0.6) is 0 Å². The lowest BCUT2D eigenvalue weighted by Crippen LogP contribution is -2.47. The molecule has 0 aliphatic carbocycles. The highest BCUT2D eigenvalue weighted by atomic mass is 35.5. The SMILES string of the molecule is CCCNC(=O)[C@@H](C)N(Cc1cccc(Cl)c1)C(=O)CCSc1ccc(Cl)cc1. The lowest BCUT2D eigenvalue weighted by molar-refractivity contribution is -0.140. The summed E-state index contributed by atoms with van der Waals surface area (Å²) in [6.45, 7) is 4.69. The van der Waals surface area contributed by atoms with Crippen molar-refractivity contribution in [3.8, 4) is 0 Å². The lowest BCUT2D eigenvalue weighted by atomic mass is 10.1. The second-order valence-corrected chi connectivity index (χ2v) is 8.71. The van der Waals surface area contributed by atoms with E-state index in [2.05, 4.69) is 5.32 Å². The van der Waals surface area contributed by atoms with Crippen LogP contribution in [0.1, 0.15) is 32.3 Å². The summed E-state index contributed by atoms with van der Waals surface area (Å²) in [4.78, 5) is 28.1. The Labute approximate surface area is 187 Å². The molecule has 0 aliphatic rings. The molecule has 1 N–H and O–H groups in total. The van der Waals surface area contributed by atoms with Gasteiger partial charge in [0.15, 0.2) is 0 Å². The summed E-state index contributed by atoms with van der Waals surface area (Å²) in [6, 6.07) is 14.3. The summed E-state index contributed by atoms with van der Waals surface area (Å²) in [5.74, 6) is 0.411. The van der Waals surface area contributed by atoms with Gasteiger partial charge in [-0.3, -0.25) is 9.59 Å². The Morgan fingerprint density at radius 1 is 1.10 bits per heavy atom. The van der Waals surface area contributed by atoms with Crippen LogP contribution in [0.25, 0.3) is 0 Å². The number of thioether (sulfide) groups is 1. The third-order valence-corrected chi connectivity index (χ3v) is 5.86. The van der Waals surface area contributed by atoms with E-state index in [4.69, 9.17) is 23.2 Å². The molecule has 0 aliphatic heterocycles. The minimum Gasteiger partial charge on any atom is -0.354 e. The van der Waals surface area contributed by atoms with Crippen LogP contribution in [0, 0.1) is 0 Å². The van der Waals surface area contributed by atoms with E-state index in [0.717, 1.165) is 16.9 Å². The minimum atomic E-state index is -0.562. The molecule has 2 aromatic rings. The van der Waals surface area contributed by atoms with Gasteiger partial charge in [0.05, 0.1) is 0 Å². The maximum atomic E-state index is 13.0. The van der Waals surface area contributed by atoms with Crippen LogP contribution >= 0.6 is 35.0 Å². The highest BCUT2D eigenvalue weighted by Crippen LogP contribution is 2.22. The molecule has 156 valence electrons. The summed E-state index contributed by atoms with van der Waals surface area (Å²) < 4.78 is 0. The first-order valence-corrected chi connectivity index (χ1v) is 11.3. The molecular formula is C22H26Cl2N2O2S. The van der Waals surface area contributed by atoms with Crippen LogP contribution in [-0.4, -0.2) is 35.1 Å². The van der Waals surface area contributed by atoms with E-state index >= 15 is 0 Å². The summed E-state index contributed by atoms with van der Waals surface area (Å²) in [5, 5.41) is 4.17. The molecule has 4 nitrogen and oxygen atoms in total. The van der Waals surface area contributed by atoms with E-state index in [-0.39, 0.29) is 11.8 Å². The normalized spacial score (nSPS) is 11.7. The third kappa shape index (κ3) is 7.92. The Morgan fingerprint density at radius 2 is 1.83 bits per heavy atom. The van der Waals surface area contributed by atoms with Crippen molar-refractivity contribution in [1.29, 1.82) is 0 Å². The number of nitrogens with zero attached hydrogens (tertiary/aromatic N) is 1. The fraction of sp³-hybridized carbons (Fsp3) is 0.364. The first-order valence-electron chi connectivity index (χ1n) is 9.60. The van der Waals surface area contributed by atoms with Gasteiger partial charge < -0.3 is 10.2 Å². The van der Waals surface area contributed by atoms with Gasteiger partial charge >= 0.3 is 0 Å². The molecule has 0 saturated heterocycles. The standard InChI is InChI=1S/C22H26Cl2N2O2S/c1-3-12-25-22(28)16(2)26(15-17-5-4-6-19(24)14-17)21(27)11-13-29-20-9-7-18(23)8-10-20/h4-10,14,16H,3,11-13,15H2,1-2H3,(H,25,28)/t16-/m1/s1. The second-order valence-electron chi connectivity index (χ2n) is 6.67. The van der Waals surface area contributed by atoms with Crippen molar-refractivity contribution in [3.63, 3.8) is 0 Å². The van der Waals surface area contributed by atoms with Crippen LogP contribution in [0.4, 0.5) is 0 Å². The average Bonchev–Trinajstić information content (AvgIpc) is 2.71. The number of amides is 2. The van der Waals surface area contributed by atoms with Crippen molar-refractivity contribution >= 4 is 46.8 Å². The first-order chi connectivity index (χ1) is 13.9. The zero-order chi connectivity index (χ0) is 21.2. The molecule has 0 radical (unpaired) electrons. The van der Waals surface area contributed by atoms with Gasteiger partial charge in [0.2, 0.25) is 11.8 Å². The fourth-order valence-corrected chi connectivity index (χ4v) is 3.92. The molecule has 2 rings (SSSR count). The maximum Gasteiger partial charge on any atom is 0.242 e. The Kier molecular flexibility index (Phi) is 9.85. The number of benzene rings is 2. The van der Waals surface area contributed by atoms with Gasteiger partial charge in [-0.25, -0.2) is 0 Å². The zero-order valence-corrected chi connectivity index (χ0v) is 19.0. The monoisotopic (exact) mass is 452 g/mol. The van der Waals surface area contributed by atoms with Crippen molar-refractivity contribution in [3.05, 3.63) is 64.1 Å². The number of hydrogen-bond acceptors (Lipinski definition) is 3. The van der Waals surface area contributed by atoms with Crippen LogP contribution in [0.3, 0.4) is 0 Å². The predicted octanol–water partition coefficient (Wildman–Crippen LogP) is 5.42. The number of rotatable bonds is 10. The van der Waals surface area contributed by atoms with Gasteiger partial charge in [-0.05, 0) is 55.3 Å². The van der Waals surface area contributed by atoms with Gasteiger partial charge in [-0.1, -0.05) is 42.3 Å². The van der Waals surface area contributed by atoms with Crippen LogP contribution in [0.15, 0.2) is 53.4 Å². The molecule has 29 heavy (non-hydrogen) atoms. The number of nitrogens with one attached hydrogen (secondary N) is 1. The first kappa shape index (κ1) is 23.6. The van der Waals surface area contributed by atoms with E-state index in [1.165, 1.54) is 0 Å². The molecule has 0 bridgehead atoms. The van der Waals surface area contributed by atoms with Gasteiger partial charge in [0.1, 0.15) is 6.04 Å². The smallest absolute Gasteiger partial charge is 0.242 e. The Morgan fingerprint density at radius 3 is 2.48 bits per heavy atom. The number of halogens is 2. The van der Waals surface area contributed by atoms with E-state index < -0.39 is 6.04 Å². The van der Waals surface area contributed by atoms with E-state index in [9.17, 15) is 9.59 Å². The second kappa shape index (κ2) is 12.1. The van der Waals surface area contributed by atoms with Gasteiger partial charge in [0.25, 0.3) is 0 Å². The highest BCUT2D eigenvalue weighted by Gasteiger charge is 2.25. The molecule has 0 fully saturated rings. The molecule has 0 saturated carbocycles.